The number of rotatable bonds is 3. The highest BCUT2D eigenvalue weighted by Crippen LogP contribution is 2.41. The lowest BCUT2D eigenvalue weighted by atomic mass is 9.95. The zero-order chi connectivity index (χ0) is 22.5. The molecule has 8 heteroatoms. The van der Waals surface area contributed by atoms with Crippen LogP contribution in [0.15, 0.2) is 47.5 Å². The number of ether oxygens (including phenoxy) is 1. The van der Waals surface area contributed by atoms with Gasteiger partial charge in [-0.1, -0.05) is 12.5 Å². The molecule has 0 aliphatic heterocycles. The molecule has 33 heavy (non-hydrogen) atoms. The molecule has 3 heterocycles. The highest BCUT2D eigenvalue weighted by atomic mass is 19.1. The fourth-order valence-electron chi connectivity index (χ4n) is 4.95. The molecule has 7 nitrogen and oxygen atoms in total. The van der Waals surface area contributed by atoms with Crippen LogP contribution < -0.4 is 16.0 Å². The van der Waals surface area contributed by atoms with Gasteiger partial charge in [-0.2, -0.15) is 5.10 Å². The summed E-state index contributed by atoms with van der Waals surface area (Å²) >= 11 is 0. The van der Waals surface area contributed by atoms with Crippen LogP contribution in [0, 0.1) is 5.82 Å². The first kappa shape index (κ1) is 19.7. The van der Waals surface area contributed by atoms with Gasteiger partial charge < -0.3 is 15.5 Å². The molecule has 4 N–H and O–H groups in total. The van der Waals surface area contributed by atoms with Crippen LogP contribution in [0.1, 0.15) is 32.1 Å². The van der Waals surface area contributed by atoms with E-state index in [1.807, 2.05) is 18.2 Å². The highest BCUT2D eigenvalue weighted by Gasteiger charge is 2.22. The van der Waals surface area contributed by atoms with Crippen molar-refractivity contribution in [3.63, 3.8) is 0 Å². The van der Waals surface area contributed by atoms with Crippen molar-refractivity contribution in [3.05, 3.63) is 58.9 Å². The Balaban J connectivity index is 1.69. The van der Waals surface area contributed by atoms with Crippen molar-refractivity contribution < 1.29 is 9.13 Å². The number of hydrogen-bond acceptors (Lipinski definition) is 5. The minimum absolute atomic E-state index is 0.0588. The summed E-state index contributed by atoms with van der Waals surface area (Å²) in [5.41, 5.74) is 8.70. The van der Waals surface area contributed by atoms with E-state index in [1.165, 1.54) is 12.5 Å². The Kier molecular flexibility index (Phi) is 4.53. The number of halogens is 1. The summed E-state index contributed by atoms with van der Waals surface area (Å²) in [6, 6.07) is 8.62. The van der Waals surface area contributed by atoms with Crippen molar-refractivity contribution in [2.24, 2.45) is 0 Å². The van der Waals surface area contributed by atoms with Crippen molar-refractivity contribution in [1.29, 1.82) is 0 Å². The normalized spacial score (nSPS) is 14.9. The Morgan fingerprint density at radius 2 is 1.91 bits per heavy atom. The molecule has 1 aliphatic carbocycles. The van der Waals surface area contributed by atoms with E-state index in [4.69, 9.17) is 10.5 Å². The molecule has 3 aromatic heterocycles. The number of H-pyrrole nitrogens is 2. The fraction of sp³-hybridized carbons (Fsp3) is 0.240. The summed E-state index contributed by atoms with van der Waals surface area (Å²) in [4.78, 5) is 20.4. The Bertz CT molecular complexity index is 1580. The van der Waals surface area contributed by atoms with E-state index in [9.17, 15) is 9.18 Å². The molecule has 0 saturated heterocycles. The minimum Gasteiger partial charge on any atom is -0.488 e. The molecule has 0 atom stereocenters. The number of nitrogens with one attached hydrogen (secondary N) is 2. The van der Waals surface area contributed by atoms with E-state index < -0.39 is 11.4 Å². The summed E-state index contributed by atoms with van der Waals surface area (Å²) < 4.78 is 20.8. The van der Waals surface area contributed by atoms with Gasteiger partial charge in [0.25, 0.3) is 5.56 Å². The van der Waals surface area contributed by atoms with Gasteiger partial charge in [-0.15, -0.1) is 0 Å². The molecule has 1 aliphatic rings. The third-order valence-electron chi connectivity index (χ3n) is 6.56. The van der Waals surface area contributed by atoms with Crippen LogP contribution in [0.4, 0.5) is 10.1 Å². The van der Waals surface area contributed by atoms with Crippen molar-refractivity contribution in [3.8, 4) is 16.9 Å². The number of aromatic amines is 2. The average molecular weight is 443 g/mol. The zero-order valence-electron chi connectivity index (χ0n) is 17.8. The average Bonchev–Trinajstić information content (AvgIpc) is 3.33. The van der Waals surface area contributed by atoms with Crippen molar-refractivity contribution >= 4 is 38.4 Å². The van der Waals surface area contributed by atoms with Crippen LogP contribution in [0.5, 0.6) is 5.75 Å². The molecule has 6 rings (SSSR count). The van der Waals surface area contributed by atoms with Crippen LogP contribution in [0.2, 0.25) is 0 Å². The second-order valence-corrected chi connectivity index (χ2v) is 8.57. The second-order valence-electron chi connectivity index (χ2n) is 8.57. The van der Waals surface area contributed by atoms with E-state index in [0.29, 0.717) is 38.7 Å². The van der Waals surface area contributed by atoms with Crippen molar-refractivity contribution in [2.45, 2.75) is 38.2 Å². The van der Waals surface area contributed by atoms with Gasteiger partial charge in [0, 0.05) is 27.9 Å². The number of pyridine rings is 2. The SMILES string of the molecule is Nc1c(-c2ccc(F)c3[nH]ncc23)c2cc(OC3CCCCC3)c3ncccc3c2[nH]c1=O. The van der Waals surface area contributed by atoms with E-state index in [0.717, 1.165) is 31.1 Å². The molecular weight excluding hydrogens is 421 g/mol. The monoisotopic (exact) mass is 443 g/mol. The molecule has 5 aromatic rings. The van der Waals surface area contributed by atoms with E-state index >= 15 is 0 Å². The van der Waals surface area contributed by atoms with Crippen LogP contribution in [0.3, 0.4) is 0 Å². The maximum absolute atomic E-state index is 14.3. The molecule has 166 valence electrons. The van der Waals surface area contributed by atoms with Crippen molar-refractivity contribution in [2.75, 3.05) is 5.73 Å². The van der Waals surface area contributed by atoms with E-state index in [2.05, 4.69) is 20.2 Å². The molecule has 1 saturated carbocycles. The summed E-state index contributed by atoms with van der Waals surface area (Å²) in [6.07, 6.45) is 8.89. The van der Waals surface area contributed by atoms with Gasteiger partial charge in [-0.3, -0.25) is 14.9 Å². The first-order valence-electron chi connectivity index (χ1n) is 11.1. The number of fused-ring (bicyclic) bond motifs is 4. The van der Waals surface area contributed by atoms with Crippen molar-refractivity contribution in [1.82, 2.24) is 20.2 Å². The van der Waals surface area contributed by atoms with Gasteiger partial charge >= 0.3 is 0 Å². The lowest BCUT2D eigenvalue weighted by Gasteiger charge is -2.24. The predicted octanol–water partition coefficient (Wildman–Crippen LogP) is 5.05. The standard InChI is InChI=1S/C25H22FN5O2/c26-18-9-8-14(17-12-29-31-23(17)18)20-16-11-19(33-13-5-2-1-3-6-13)24-15(7-4-10-28-24)22(16)30-25(32)21(20)27/h4,7-13H,1-3,5-6,27H2,(H,29,31)(H,30,32). The number of nitrogens with zero attached hydrogens (tertiary/aromatic N) is 2. The molecule has 2 aromatic carbocycles. The molecular formula is C25H22FN5O2. The number of nitrogen functional groups attached to an aromatic ring is 1. The largest absolute Gasteiger partial charge is 0.488 e. The smallest absolute Gasteiger partial charge is 0.272 e. The van der Waals surface area contributed by atoms with Crippen LogP contribution >= 0.6 is 0 Å². The van der Waals surface area contributed by atoms with Gasteiger partial charge in [-0.05, 0) is 55.5 Å². The number of hydrogen-bond donors (Lipinski definition) is 3. The first-order chi connectivity index (χ1) is 16.1. The number of anilines is 1. The van der Waals surface area contributed by atoms with Gasteiger partial charge in [0.15, 0.2) is 0 Å². The topological polar surface area (TPSA) is 110 Å². The summed E-state index contributed by atoms with van der Waals surface area (Å²) in [5, 5.41) is 8.72. The number of aromatic nitrogens is 4. The molecule has 0 unspecified atom stereocenters. The van der Waals surface area contributed by atoms with Gasteiger partial charge in [-0.25, -0.2) is 4.39 Å². The van der Waals surface area contributed by atoms with Gasteiger partial charge in [0.1, 0.15) is 28.3 Å². The Hall–Kier alpha value is -3.94. The molecule has 0 bridgehead atoms. The lowest BCUT2D eigenvalue weighted by molar-refractivity contribution is 0.157. The molecule has 0 radical (unpaired) electrons. The van der Waals surface area contributed by atoms with Crippen LogP contribution in [-0.2, 0) is 0 Å². The zero-order valence-corrected chi connectivity index (χ0v) is 17.8. The first-order valence-corrected chi connectivity index (χ1v) is 11.1. The number of nitrogens with two attached hydrogens (primary N) is 1. The Morgan fingerprint density at radius 1 is 1.06 bits per heavy atom. The summed E-state index contributed by atoms with van der Waals surface area (Å²) in [6.45, 7) is 0. The highest BCUT2D eigenvalue weighted by molar-refractivity contribution is 6.15. The van der Waals surface area contributed by atoms with Crippen LogP contribution in [0.25, 0.3) is 43.8 Å². The van der Waals surface area contributed by atoms with E-state index in [1.54, 1.807) is 18.5 Å². The summed E-state index contributed by atoms with van der Waals surface area (Å²) in [7, 11) is 0. The second kappa shape index (κ2) is 7.58. The minimum atomic E-state index is -0.421. The third kappa shape index (κ3) is 3.13. The third-order valence-corrected chi connectivity index (χ3v) is 6.56. The lowest BCUT2D eigenvalue weighted by Crippen LogP contribution is -2.20. The summed E-state index contributed by atoms with van der Waals surface area (Å²) in [5.74, 6) is 0.234. The van der Waals surface area contributed by atoms with E-state index in [-0.39, 0.29) is 17.3 Å². The Labute approximate surface area is 187 Å². The molecule has 0 amide bonds. The maximum atomic E-state index is 14.3. The molecule has 1 fully saturated rings. The Morgan fingerprint density at radius 3 is 2.76 bits per heavy atom. The predicted molar refractivity (Wildman–Crippen MR) is 127 cm³/mol. The fourth-order valence-corrected chi connectivity index (χ4v) is 4.95. The molecule has 0 spiro atoms. The maximum Gasteiger partial charge on any atom is 0.272 e. The van der Waals surface area contributed by atoms with Gasteiger partial charge in [0.2, 0.25) is 0 Å². The van der Waals surface area contributed by atoms with Gasteiger partial charge in [0.05, 0.1) is 17.8 Å². The quantitative estimate of drug-likeness (QED) is 0.338. The van der Waals surface area contributed by atoms with Crippen LogP contribution in [-0.4, -0.2) is 26.3 Å². The number of benzene rings is 2.